The Bertz CT molecular complexity index is 5940. The Balaban J connectivity index is 0.803. The van der Waals surface area contributed by atoms with E-state index < -0.39 is 16.2 Å². The highest BCUT2D eigenvalue weighted by Gasteiger charge is 2.53. The monoisotopic (exact) mass is 1200 g/mol. The molecule has 0 N–H and O–H groups in total. The molecule has 0 aliphatic heterocycles. The zero-order chi connectivity index (χ0) is 62.8. The quantitative estimate of drug-likeness (QED) is 0.176. The van der Waals surface area contributed by atoms with Crippen molar-refractivity contribution >= 4 is 60.9 Å². The minimum Gasteiger partial charge on any atom is -0.455 e. The van der Waals surface area contributed by atoms with Gasteiger partial charge in [-0.15, -0.1) is 0 Å². The summed E-state index contributed by atoms with van der Waals surface area (Å²) in [5.74, 6) is 0. The fourth-order valence-electron chi connectivity index (χ4n) is 19.6. The molecule has 6 aliphatic carbocycles. The van der Waals surface area contributed by atoms with E-state index >= 15 is 0 Å². The molecule has 0 atom stereocenters. The Morgan fingerprint density at radius 3 is 1.22 bits per heavy atom. The van der Waals surface area contributed by atoms with Crippen molar-refractivity contribution in [3.05, 3.63) is 315 Å². The average molecular weight is 1200 g/mol. The summed E-state index contributed by atoms with van der Waals surface area (Å²) in [5.41, 5.74) is 39.1. The number of hydrogen-bond donors (Lipinski definition) is 0. The molecule has 6 aliphatic rings. The van der Waals surface area contributed by atoms with E-state index in [9.17, 15) is 0 Å². The first-order valence-electron chi connectivity index (χ1n) is 33.6. The van der Waals surface area contributed by atoms with Gasteiger partial charge in [0.25, 0.3) is 0 Å². The van der Waals surface area contributed by atoms with Gasteiger partial charge in [-0.1, -0.05) is 243 Å². The number of para-hydroxylation sites is 2. The number of hydrogen-bond acceptors (Lipinski definition) is 3. The number of anilines is 3. The lowest BCUT2D eigenvalue weighted by Crippen LogP contribution is -2.26. The SMILES string of the molecule is CC1(C)c2ccccc2-c2ccc(-c3cc4c(c5c3oc3ccccc35)-c3ccc(N(c5ccc6c(c5)C(C)(C)c5c7c(c8oc9ccccc9c8c5-6)-c5ccccc5C7(C)C)c5ccc6c(c5)C5(c7ccccc7-c7ccccc75)c5ccccc5-6)cc3C4(C)C)cc21. The van der Waals surface area contributed by atoms with Gasteiger partial charge in [0.2, 0.25) is 0 Å². The van der Waals surface area contributed by atoms with Gasteiger partial charge >= 0.3 is 0 Å². The molecule has 0 saturated heterocycles. The highest BCUT2D eigenvalue weighted by molar-refractivity contribution is 6.22. The van der Waals surface area contributed by atoms with Crippen LogP contribution >= 0.6 is 0 Å². The molecule has 0 amide bonds. The predicted octanol–water partition coefficient (Wildman–Crippen LogP) is 24.2. The zero-order valence-electron chi connectivity index (χ0n) is 53.9. The van der Waals surface area contributed by atoms with Crippen molar-refractivity contribution in [1.29, 1.82) is 0 Å². The second-order valence-electron chi connectivity index (χ2n) is 29.7. The molecular formula is C91H65NO2. The average Bonchev–Trinajstić information content (AvgIpc) is 1.42. The van der Waals surface area contributed by atoms with Crippen molar-refractivity contribution in [2.75, 3.05) is 4.90 Å². The smallest absolute Gasteiger partial charge is 0.144 e. The molecule has 2 heterocycles. The van der Waals surface area contributed by atoms with Gasteiger partial charge in [-0.2, -0.15) is 0 Å². The second-order valence-corrected chi connectivity index (χ2v) is 29.7. The number of fused-ring (bicyclic) bond motifs is 32. The number of benzene rings is 13. The van der Waals surface area contributed by atoms with E-state index in [0.717, 1.165) is 55.7 Å². The standard InChI is InChI=1S/C91H65NO2/c1-87(2)66-30-16-9-23-54(66)58-41-37-50(45-71(58)87)65-49-75-78(80-63-28-14-21-35-76(63)93-85(65)80)61-43-39-51(46-72(61)88(75,3)4)92(53-38-42-59-57-26-12-20-34-70(57)91(74(59)48-53)68-32-18-10-24-55(68)56-25-11-19-33-69(56)91)52-40-44-62-73(47-52)90(7,8)83-79(62)81-64-29-15-22-36-77(64)94-86(81)82-60-27-13-17-31-67(60)89(5,6)84(82)83/h9-49H,1-8H3. The lowest BCUT2D eigenvalue weighted by molar-refractivity contribution is 0.600. The summed E-state index contributed by atoms with van der Waals surface area (Å²) in [6, 6.07) is 94.7. The Morgan fingerprint density at radius 2 is 0.628 bits per heavy atom. The summed E-state index contributed by atoms with van der Waals surface area (Å²) < 4.78 is 14.3. The molecule has 3 heteroatoms. The van der Waals surface area contributed by atoms with E-state index in [1.807, 2.05) is 0 Å². The molecule has 94 heavy (non-hydrogen) atoms. The van der Waals surface area contributed by atoms with Gasteiger partial charge in [0, 0.05) is 71.4 Å². The van der Waals surface area contributed by atoms with Gasteiger partial charge in [0.15, 0.2) is 0 Å². The van der Waals surface area contributed by atoms with Crippen LogP contribution in [0.1, 0.15) is 122 Å². The van der Waals surface area contributed by atoms with E-state index in [4.69, 9.17) is 8.83 Å². The van der Waals surface area contributed by atoms with Gasteiger partial charge in [-0.05, 0) is 194 Å². The summed E-state index contributed by atoms with van der Waals surface area (Å²) in [6.45, 7) is 19.5. The van der Waals surface area contributed by atoms with Crippen LogP contribution in [-0.4, -0.2) is 0 Å². The highest BCUT2D eigenvalue weighted by atomic mass is 16.3. The van der Waals surface area contributed by atoms with E-state index in [1.54, 1.807) is 0 Å². The Kier molecular flexibility index (Phi) is 9.83. The summed E-state index contributed by atoms with van der Waals surface area (Å²) in [5, 5.41) is 4.69. The maximum absolute atomic E-state index is 7.16. The first-order chi connectivity index (χ1) is 45.7. The molecule has 13 aromatic carbocycles. The molecule has 0 bridgehead atoms. The van der Waals surface area contributed by atoms with E-state index in [1.165, 1.54) is 150 Å². The molecule has 3 nitrogen and oxygen atoms in total. The fourth-order valence-corrected chi connectivity index (χ4v) is 19.6. The Labute approximate surface area is 547 Å². The minimum absolute atomic E-state index is 0.151. The minimum atomic E-state index is -0.525. The maximum Gasteiger partial charge on any atom is 0.144 e. The van der Waals surface area contributed by atoms with Gasteiger partial charge in [0.05, 0.1) is 5.41 Å². The van der Waals surface area contributed by atoms with Crippen LogP contribution in [0.3, 0.4) is 0 Å². The maximum atomic E-state index is 7.16. The van der Waals surface area contributed by atoms with Crippen molar-refractivity contribution in [2.24, 2.45) is 0 Å². The lowest BCUT2D eigenvalue weighted by atomic mass is 9.70. The van der Waals surface area contributed by atoms with E-state index in [2.05, 4.69) is 309 Å². The summed E-state index contributed by atoms with van der Waals surface area (Å²) in [6.07, 6.45) is 0. The molecule has 2 aromatic heterocycles. The molecule has 1 spiro atoms. The fraction of sp³-hybridized carbons (Fsp3) is 0.143. The van der Waals surface area contributed by atoms with Crippen LogP contribution in [-0.2, 0) is 27.1 Å². The summed E-state index contributed by atoms with van der Waals surface area (Å²) in [4.78, 5) is 2.59. The van der Waals surface area contributed by atoms with E-state index in [0.29, 0.717) is 0 Å². The Hall–Kier alpha value is -10.7. The van der Waals surface area contributed by atoms with Crippen LogP contribution in [0.25, 0.3) is 122 Å². The highest BCUT2D eigenvalue weighted by Crippen LogP contribution is 2.67. The third-order valence-electron chi connectivity index (χ3n) is 23.8. The van der Waals surface area contributed by atoms with Crippen LogP contribution in [0, 0.1) is 0 Å². The molecular weight excluding hydrogens is 1140 g/mol. The Morgan fingerprint density at radius 1 is 0.255 bits per heavy atom. The normalized spacial score (nSPS) is 16.3. The van der Waals surface area contributed by atoms with Crippen molar-refractivity contribution in [3.8, 4) is 77.9 Å². The number of furan rings is 2. The predicted molar refractivity (Wildman–Crippen MR) is 388 cm³/mol. The van der Waals surface area contributed by atoms with Crippen molar-refractivity contribution in [2.45, 2.75) is 82.5 Å². The van der Waals surface area contributed by atoms with Gasteiger partial charge in [0.1, 0.15) is 22.3 Å². The topological polar surface area (TPSA) is 29.5 Å². The second kappa shape index (κ2) is 17.5. The van der Waals surface area contributed by atoms with Crippen LogP contribution in [0.4, 0.5) is 17.1 Å². The van der Waals surface area contributed by atoms with Crippen molar-refractivity contribution in [1.82, 2.24) is 0 Å². The molecule has 0 radical (unpaired) electrons. The molecule has 21 rings (SSSR count). The first kappa shape index (κ1) is 52.8. The van der Waals surface area contributed by atoms with Crippen LogP contribution in [0.15, 0.2) is 258 Å². The van der Waals surface area contributed by atoms with Gasteiger partial charge < -0.3 is 13.7 Å². The number of nitrogens with zero attached hydrogens (tertiary/aromatic N) is 1. The van der Waals surface area contributed by atoms with Crippen LogP contribution < -0.4 is 4.90 Å². The first-order valence-corrected chi connectivity index (χ1v) is 33.6. The lowest BCUT2D eigenvalue weighted by Gasteiger charge is -2.33. The van der Waals surface area contributed by atoms with Crippen molar-refractivity contribution in [3.63, 3.8) is 0 Å². The van der Waals surface area contributed by atoms with Crippen LogP contribution in [0.5, 0.6) is 0 Å². The van der Waals surface area contributed by atoms with Crippen LogP contribution in [0.2, 0.25) is 0 Å². The third kappa shape index (κ3) is 6.21. The summed E-state index contributed by atoms with van der Waals surface area (Å²) in [7, 11) is 0. The molecule has 446 valence electrons. The van der Waals surface area contributed by atoms with E-state index in [-0.39, 0.29) is 10.8 Å². The largest absolute Gasteiger partial charge is 0.455 e. The summed E-state index contributed by atoms with van der Waals surface area (Å²) >= 11 is 0. The van der Waals surface area contributed by atoms with Gasteiger partial charge in [-0.25, -0.2) is 0 Å². The third-order valence-corrected chi connectivity index (χ3v) is 23.8. The molecule has 0 unspecified atom stereocenters. The molecule has 0 fully saturated rings. The zero-order valence-corrected chi connectivity index (χ0v) is 53.9. The van der Waals surface area contributed by atoms with Crippen molar-refractivity contribution < 1.29 is 8.83 Å². The molecule has 15 aromatic rings. The number of rotatable bonds is 4. The molecule has 0 saturated carbocycles. The van der Waals surface area contributed by atoms with Gasteiger partial charge in [-0.3, -0.25) is 0 Å².